The molecule has 1 saturated carbocycles. The van der Waals surface area contributed by atoms with Crippen molar-refractivity contribution >= 4 is 29.0 Å². The van der Waals surface area contributed by atoms with E-state index in [9.17, 15) is 4.79 Å². The molecule has 2 bridgehead atoms. The van der Waals surface area contributed by atoms with E-state index in [1.54, 1.807) is 26.2 Å². The average molecular weight is 498 g/mol. The van der Waals surface area contributed by atoms with E-state index in [4.69, 9.17) is 9.72 Å². The van der Waals surface area contributed by atoms with Crippen molar-refractivity contribution in [1.29, 1.82) is 0 Å². The number of nitrogens with one attached hydrogen (secondary N) is 2. The Labute approximate surface area is 216 Å². The quantitative estimate of drug-likeness (QED) is 0.544. The molecule has 4 aliphatic rings. The average Bonchev–Trinajstić information content (AvgIpc) is 3.53. The molecule has 5 heterocycles. The Bertz CT molecular complexity index is 1400. The van der Waals surface area contributed by atoms with E-state index in [2.05, 4.69) is 55.5 Å². The second-order valence-electron chi connectivity index (χ2n) is 11.2. The molecule has 190 valence electrons. The minimum atomic E-state index is -0.957. The molecule has 3 fully saturated rings. The predicted molar refractivity (Wildman–Crippen MR) is 142 cm³/mol. The molecule has 0 radical (unpaired) electrons. The van der Waals surface area contributed by atoms with Crippen LogP contribution in [0.4, 0.5) is 23.1 Å². The van der Waals surface area contributed by atoms with Crippen LogP contribution in [0.3, 0.4) is 0 Å². The summed E-state index contributed by atoms with van der Waals surface area (Å²) in [5.74, 6) is 1.24. The van der Waals surface area contributed by atoms with Crippen LogP contribution in [-0.4, -0.2) is 62.6 Å². The zero-order valence-corrected chi connectivity index (χ0v) is 21.4. The van der Waals surface area contributed by atoms with Crippen molar-refractivity contribution in [3.8, 4) is 17.0 Å². The summed E-state index contributed by atoms with van der Waals surface area (Å²) in [5.41, 5.74) is 4.09. The molecule has 1 aliphatic carbocycles. The topological polar surface area (TPSA) is 95.5 Å². The molecule has 2 saturated heterocycles. The Morgan fingerprint density at radius 1 is 1.08 bits per heavy atom. The highest BCUT2D eigenvalue weighted by atomic mass is 16.5. The fourth-order valence-electron chi connectivity index (χ4n) is 5.95. The molecule has 3 aliphatic heterocycles. The number of rotatable bonds is 5. The molecule has 2 atom stereocenters. The van der Waals surface area contributed by atoms with Crippen molar-refractivity contribution in [2.24, 2.45) is 0 Å². The van der Waals surface area contributed by atoms with Crippen molar-refractivity contribution in [1.82, 2.24) is 19.9 Å². The van der Waals surface area contributed by atoms with Crippen LogP contribution in [0.5, 0.6) is 5.75 Å². The molecule has 9 heteroatoms. The fourth-order valence-corrected chi connectivity index (χ4v) is 5.95. The lowest BCUT2D eigenvalue weighted by Gasteiger charge is -2.36. The summed E-state index contributed by atoms with van der Waals surface area (Å²) in [6.07, 6.45) is 7.48. The Hall–Kier alpha value is -3.72. The lowest BCUT2D eigenvalue weighted by molar-refractivity contribution is -0.129. The van der Waals surface area contributed by atoms with Crippen molar-refractivity contribution in [2.45, 2.75) is 63.8 Å². The summed E-state index contributed by atoms with van der Waals surface area (Å²) in [7, 11) is 0. The van der Waals surface area contributed by atoms with Gasteiger partial charge in [-0.05, 0) is 75.9 Å². The number of hydrogen-bond acceptors (Lipinski definition) is 8. The molecule has 1 amide bonds. The number of likely N-dealkylation sites (tertiary alicyclic amines) is 1. The molecular weight excluding hydrogens is 466 g/mol. The zero-order valence-electron chi connectivity index (χ0n) is 21.4. The van der Waals surface area contributed by atoms with Gasteiger partial charge >= 0.3 is 0 Å². The number of benzene rings is 1. The first kappa shape index (κ1) is 22.5. The maximum atomic E-state index is 12.1. The van der Waals surface area contributed by atoms with E-state index in [-0.39, 0.29) is 5.91 Å². The van der Waals surface area contributed by atoms with E-state index in [1.165, 1.54) is 37.1 Å². The first-order valence-corrected chi connectivity index (χ1v) is 13.1. The number of aromatic nitrogens is 3. The summed E-state index contributed by atoms with van der Waals surface area (Å²) in [4.78, 5) is 31.0. The van der Waals surface area contributed by atoms with Gasteiger partial charge in [-0.3, -0.25) is 9.69 Å². The molecular formula is C28H31N7O2. The summed E-state index contributed by atoms with van der Waals surface area (Å²) in [6, 6.07) is 12.4. The fraction of sp³-hybridized carbons (Fsp3) is 0.429. The van der Waals surface area contributed by atoms with Gasteiger partial charge < -0.3 is 20.3 Å². The lowest BCUT2D eigenvalue weighted by Crippen LogP contribution is -2.47. The van der Waals surface area contributed by atoms with E-state index in [1.807, 2.05) is 12.1 Å². The number of hydrogen-bond donors (Lipinski definition) is 2. The minimum Gasteiger partial charge on any atom is -0.474 e. The van der Waals surface area contributed by atoms with Gasteiger partial charge in [0, 0.05) is 60.5 Å². The third-order valence-electron chi connectivity index (χ3n) is 8.01. The van der Waals surface area contributed by atoms with Gasteiger partial charge in [0.05, 0.1) is 5.69 Å². The molecule has 7 rings (SSSR count). The van der Waals surface area contributed by atoms with Gasteiger partial charge in [0.2, 0.25) is 5.95 Å². The molecule has 2 aromatic heterocycles. The van der Waals surface area contributed by atoms with Crippen molar-refractivity contribution in [2.75, 3.05) is 28.6 Å². The highest BCUT2D eigenvalue weighted by Gasteiger charge is 2.48. The number of anilines is 4. The van der Waals surface area contributed by atoms with E-state index in [0.29, 0.717) is 29.3 Å². The van der Waals surface area contributed by atoms with Crippen LogP contribution >= 0.6 is 0 Å². The number of amides is 1. The number of ether oxygens (including phenoxy) is 1. The summed E-state index contributed by atoms with van der Waals surface area (Å²) < 4.78 is 5.88. The normalized spacial score (nSPS) is 24.0. The highest BCUT2D eigenvalue weighted by Crippen LogP contribution is 2.42. The third kappa shape index (κ3) is 3.98. The van der Waals surface area contributed by atoms with Gasteiger partial charge in [-0.25, -0.2) is 15.0 Å². The van der Waals surface area contributed by atoms with Gasteiger partial charge in [0.25, 0.3) is 5.91 Å². The van der Waals surface area contributed by atoms with E-state index < -0.39 is 5.60 Å². The van der Waals surface area contributed by atoms with Crippen LogP contribution in [0.15, 0.2) is 42.7 Å². The molecule has 3 aromatic rings. The first-order valence-electron chi connectivity index (χ1n) is 13.1. The second-order valence-corrected chi connectivity index (χ2v) is 11.2. The van der Waals surface area contributed by atoms with Gasteiger partial charge in [0.1, 0.15) is 0 Å². The maximum absolute atomic E-state index is 12.1. The van der Waals surface area contributed by atoms with Crippen LogP contribution in [0.2, 0.25) is 0 Å². The Balaban J connectivity index is 1.08. The molecule has 37 heavy (non-hydrogen) atoms. The Kier molecular flexibility index (Phi) is 4.95. The Morgan fingerprint density at radius 3 is 2.70 bits per heavy atom. The van der Waals surface area contributed by atoms with Crippen LogP contribution < -0.4 is 20.3 Å². The smallest absolute Gasteiger partial charge is 0.269 e. The lowest BCUT2D eigenvalue weighted by atomic mass is 10.1. The SMILES string of the molecule is Cc1cc(Nc2nccc(-c3cnc4c(c3)OC(C)(C)C(=O)N4)n2)ccc1N1CC2CC1CN2C1CC1. The number of aryl methyl sites for hydroxylation is 1. The van der Waals surface area contributed by atoms with Crippen LogP contribution in [0, 0.1) is 6.92 Å². The largest absolute Gasteiger partial charge is 0.474 e. The van der Waals surface area contributed by atoms with Gasteiger partial charge in [0.15, 0.2) is 17.2 Å². The van der Waals surface area contributed by atoms with Crippen molar-refractivity contribution in [3.63, 3.8) is 0 Å². The van der Waals surface area contributed by atoms with E-state index in [0.717, 1.165) is 29.9 Å². The molecule has 0 spiro atoms. The molecule has 2 unspecified atom stereocenters. The van der Waals surface area contributed by atoms with Crippen molar-refractivity contribution in [3.05, 3.63) is 48.3 Å². The van der Waals surface area contributed by atoms with Crippen LogP contribution in [0.1, 0.15) is 38.7 Å². The maximum Gasteiger partial charge on any atom is 0.269 e. The number of nitrogens with zero attached hydrogens (tertiary/aromatic N) is 5. The second kappa shape index (κ2) is 8.14. The first-order chi connectivity index (χ1) is 17.8. The minimum absolute atomic E-state index is 0.215. The summed E-state index contributed by atoms with van der Waals surface area (Å²) in [5, 5.41) is 6.16. The Morgan fingerprint density at radius 2 is 1.95 bits per heavy atom. The van der Waals surface area contributed by atoms with Crippen molar-refractivity contribution < 1.29 is 9.53 Å². The third-order valence-corrected chi connectivity index (χ3v) is 8.01. The zero-order chi connectivity index (χ0) is 25.3. The highest BCUT2D eigenvalue weighted by molar-refractivity contribution is 5.99. The monoisotopic (exact) mass is 497 g/mol. The van der Waals surface area contributed by atoms with E-state index >= 15 is 0 Å². The van der Waals surface area contributed by atoms with Gasteiger partial charge in [-0.2, -0.15) is 0 Å². The number of pyridine rings is 1. The number of carbonyl (C=O) groups excluding carboxylic acids is 1. The predicted octanol–water partition coefficient (Wildman–Crippen LogP) is 4.13. The van der Waals surface area contributed by atoms with Crippen LogP contribution in [0.25, 0.3) is 11.3 Å². The summed E-state index contributed by atoms with van der Waals surface area (Å²) in [6.45, 7) is 7.99. The van der Waals surface area contributed by atoms with Crippen LogP contribution in [-0.2, 0) is 4.79 Å². The number of carbonyl (C=O) groups is 1. The summed E-state index contributed by atoms with van der Waals surface area (Å²) >= 11 is 0. The van der Waals surface area contributed by atoms with Gasteiger partial charge in [-0.15, -0.1) is 0 Å². The van der Waals surface area contributed by atoms with Gasteiger partial charge in [-0.1, -0.05) is 0 Å². The molecule has 9 nitrogen and oxygen atoms in total. The molecule has 2 N–H and O–H groups in total. The standard InChI is InChI=1S/C28H31N7O2/c1-16-10-18(4-7-23(16)35-15-20-12-21(35)14-34(20)19-5-6-19)31-27-29-9-8-22(32-27)17-11-24-25(30-13-17)33-26(36)28(2,3)37-24/h4,7-11,13,19-21H,5-6,12,14-15H2,1-3H3,(H,29,31,32)(H,30,33,36). The number of piperazine rings is 1. The number of fused-ring (bicyclic) bond motifs is 3. The molecule has 1 aromatic carbocycles.